The summed E-state index contributed by atoms with van der Waals surface area (Å²) in [6, 6.07) is 13.5. The maximum absolute atomic E-state index is 12.5. The number of carbonyl (C=O) groups excluding carboxylic acids is 2. The third kappa shape index (κ3) is 3.99. The van der Waals surface area contributed by atoms with E-state index in [4.69, 9.17) is 10.5 Å². The highest BCUT2D eigenvalue weighted by Crippen LogP contribution is 2.49. The van der Waals surface area contributed by atoms with Gasteiger partial charge in [0.1, 0.15) is 5.75 Å². The molecule has 2 amide bonds. The minimum Gasteiger partial charge on any atom is -0.484 e. The molecule has 5 heteroatoms. The Morgan fingerprint density at radius 2 is 1.92 bits per heavy atom. The molecule has 1 aliphatic carbocycles. The zero-order valence-electron chi connectivity index (χ0n) is 14.4. The summed E-state index contributed by atoms with van der Waals surface area (Å²) in [6.07, 6.45) is 0.884. The fourth-order valence-corrected chi connectivity index (χ4v) is 3.08. The molecule has 3 rings (SSSR count). The molecule has 1 fully saturated rings. The fraction of sp³-hybridized carbons (Fsp3) is 0.300. The fourth-order valence-electron chi connectivity index (χ4n) is 3.08. The molecule has 3 N–H and O–H groups in total. The summed E-state index contributed by atoms with van der Waals surface area (Å²) in [5.41, 5.74) is 9.19. The van der Waals surface area contributed by atoms with Crippen LogP contribution < -0.4 is 15.8 Å². The normalized spacial score (nSPS) is 18.5. The average Bonchev–Trinajstić information content (AvgIpc) is 3.36. The number of nitrogens with two attached hydrogens (primary N) is 1. The highest BCUT2D eigenvalue weighted by molar-refractivity contribution is 5.96. The number of aryl methyl sites for hydroxylation is 2. The van der Waals surface area contributed by atoms with Crippen molar-refractivity contribution in [3.63, 3.8) is 0 Å². The Kier molecular flexibility index (Phi) is 4.74. The molecule has 1 aliphatic rings. The number of benzene rings is 2. The number of amides is 2. The van der Waals surface area contributed by atoms with Gasteiger partial charge in [-0.25, -0.2) is 0 Å². The van der Waals surface area contributed by atoms with Gasteiger partial charge in [0.05, 0.1) is 0 Å². The lowest BCUT2D eigenvalue weighted by molar-refractivity contribution is -0.120. The zero-order chi connectivity index (χ0) is 18.0. The van der Waals surface area contributed by atoms with Crippen LogP contribution in [0.3, 0.4) is 0 Å². The number of carbonyl (C=O) groups is 2. The molecule has 2 atom stereocenters. The first-order valence-corrected chi connectivity index (χ1v) is 8.34. The van der Waals surface area contributed by atoms with Crippen LogP contribution in [0.25, 0.3) is 0 Å². The molecule has 0 heterocycles. The van der Waals surface area contributed by atoms with Crippen molar-refractivity contribution in [2.45, 2.75) is 26.2 Å². The molecule has 0 unspecified atom stereocenters. The van der Waals surface area contributed by atoms with Crippen LogP contribution in [-0.2, 0) is 9.59 Å². The van der Waals surface area contributed by atoms with Crippen LogP contribution in [0.5, 0.6) is 5.75 Å². The molecule has 0 bridgehead atoms. The summed E-state index contributed by atoms with van der Waals surface area (Å²) in [5, 5.41) is 3.00. The molecular formula is C20H22N2O3. The second kappa shape index (κ2) is 6.97. The molecule has 25 heavy (non-hydrogen) atoms. The molecule has 0 aliphatic heterocycles. The van der Waals surface area contributed by atoms with Crippen molar-refractivity contribution in [2.75, 3.05) is 11.9 Å². The van der Waals surface area contributed by atoms with E-state index in [9.17, 15) is 9.59 Å². The molecule has 0 radical (unpaired) electrons. The lowest BCUT2D eigenvalue weighted by Crippen LogP contribution is -2.20. The third-order valence-corrected chi connectivity index (χ3v) is 4.55. The quantitative estimate of drug-likeness (QED) is 0.850. The van der Waals surface area contributed by atoms with Crippen LogP contribution >= 0.6 is 0 Å². The van der Waals surface area contributed by atoms with Crippen molar-refractivity contribution in [3.05, 3.63) is 59.2 Å². The molecule has 5 nitrogen and oxygen atoms in total. The number of anilines is 1. The van der Waals surface area contributed by atoms with Crippen molar-refractivity contribution < 1.29 is 14.3 Å². The van der Waals surface area contributed by atoms with Crippen molar-refractivity contribution in [1.29, 1.82) is 0 Å². The summed E-state index contributed by atoms with van der Waals surface area (Å²) < 4.78 is 5.27. The Balaban J connectivity index is 1.62. The Bertz CT molecular complexity index is 816. The largest absolute Gasteiger partial charge is 0.484 e. The standard InChI is InChI=1S/C20H22N2O3/c1-12-5-3-4-6-15(12)16-10-17(16)20(24)22-18-8-7-14(9-13(18)2)25-11-19(21)23/h3-9,16-17H,10-11H2,1-2H3,(H2,21,23)(H,22,24)/t16-,17-/m0/s1. The summed E-state index contributed by atoms with van der Waals surface area (Å²) in [7, 11) is 0. The highest BCUT2D eigenvalue weighted by Gasteiger charge is 2.44. The number of hydrogen-bond acceptors (Lipinski definition) is 3. The van der Waals surface area contributed by atoms with Gasteiger partial charge in [0, 0.05) is 11.6 Å². The molecule has 0 spiro atoms. The first-order valence-electron chi connectivity index (χ1n) is 8.34. The lowest BCUT2D eigenvalue weighted by atomic mass is 10.0. The van der Waals surface area contributed by atoms with Gasteiger partial charge in [-0.1, -0.05) is 24.3 Å². The third-order valence-electron chi connectivity index (χ3n) is 4.55. The summed E-state index contributed by atoms with van der Waals surface area (Å²) >= 11 is 0. The summed E-state index contributed by atoms with van der Waals surface area (Å²) in [5.74, 6) is 0.401. The van der Waals surface area contributed by atoms with Gasteiger partial charge in [-0.15, -0.1) is 0 Å². The topological polar surface area (TPSA) is 81.4 Å². The van der Waals surface area contributed by atoms with Crippen molar-refractivity contribution in [3.8, 4) is 5.75 Å². The first-order chi connectivity index (χ1) is 12.0. The van der Waals surface area contributed by atoms with E-state index in [0.29, 0.717) is 11.7 Å². The maximum Gasteiger partial charge on any atom is 0.255 e. The molecule has 2 aromatic carbocycles. The zero-order valence-corrected chi connectivity index (χ0v) is 14.4. The van der Waals surface area contributed by atoms with Gasteiger partial charge in [0.2, 0.25) is 5.91 Å². The second-order valence-corrected chi connectivity index (χ2v) is 6.53. The maximum atomic E-state index is 12.5. The van der Waals surface area contributed by atoms with E-state index in [0.717, 1.165) is 17.7 Å². The average molecular weight is 338 g/mol. The Morgan fingerprint density at radius 3 is 2.60 bits per heavy atom. The van der Waals surface area contributed by atoms with Crippen LogP contribution in [0.2, 0.25) is 0 Å². The highest BCUT2D eigenvalue weighted by atomic mass is 16.5. The molecular weight excluding hydrogens is 316 g/mol. The van der Waals surface area contributed by atoms with Crippen LogP contribution in [0.1, 0.15) is 29.0 Å². The van der Waals surface area contributed by atoms with E-state index in [1.807, 2.05) is 19.1 Å². The van der Waals surface area contributed by atoms with Gasteiger partial charge in [-0.2, -0.15) is 0 Å². The Labute approximate surface area is 147 Å². The Hall–Kier alpha value is -2.82. The number of nitrogens with one attached hydrogen (secondary N) is 1. The second-order valence-electron chi connectivity index (χ2n) is 6.53. The van der Waals surface area contributed by atoms with E-state index >= 15 is 0 Å². The number of rotatable bonds is 6. The SMILES string of the molecule is Cc1cc(OCC(N)=O)ccc1NC(=O)[C@H]1C[C@H]1c1ccccc1C. The van der Waals surface area contributed by atoms with E-state index in [-0.39, 0.29) is 18.4 Å². The number of primary amides is 1. The van der Waals surface area contributed by atoms with E-state index < -0.39 is 5.91 Å². The summed E-state index contributed by atoms with van der Waals surface area (Å²) in [4.78, 5) is 23.3. The monoisotopic (exact) mass is 338 g/mol. The van der Waals surface area contributed by atoms with E-state index in [1.54, 1.807) is 18.2 Å². The number of hydrogen-bond donors (Lipinski definition) is 2. The summed E-state index contributed by atoms with van der Waals surface area (Å²) in [6.45, 7) is 3.81. The first kappa shape index (κ1) is 17.0. The lowest BCUT2D eigenvalue weighted by Gasteiger charge is -2.11. The predicted molar refractivity (Wildman–Crippen MR) is 96.5 cm³/mol. The minimum atomic E-state index is -0.522. The van der Waals surface area contributed by atoms with Crippen LogP contribution in [-0.4, -0.2) is 18.4 Å². The minimum absolute atomic E-state index is 0.0197. The molecule has 2 aromatic rings. The molecule has 0 saturated heterocycles. The van der Waals surface area contributed by atoms with Crippen LogP contribution in [0, 0.1) is 19.8 Å². The predicted octanol–water partition coefficient (Wildman–Crippen LogP) is 2.91. The number of ether oxygens (including phenoxy) is 1. The van der Waals surface area contributed by atoms with Crippen LogP contribution in [0.4, 0.5) is 5.69 Å². The van der Waals surface area contributed by atoms with E-state index in [1.165, 1.54) is 11.1 Å². The van der Waals surface area contributed by atoms with Crippen molar-refractivity contribution in [2.24, 2.45) is 11.7 Å². The van der Waals surface area contributed by atoms with Gasteiger partial charge in [0.25, 0.3) is 5.91 Å². The van der Waals surface area contributed by atoms with Crippen molar-refractivity contribution in [1.82, 2.24) is 0 Å². The Morgan fingerprint density at radius 1 is 1.16 bits per heavy atom. The molecule has 1 saturated carbocycles. The van der Waals surface area contributed by atoms with Gasteiger partial charge in [-0.3, -0.25) is 9.59 Å². The molecule has 0 aromatic heterocycles. The van der Waals surface area contributed by atoms with Crippen molar-refractivity contribution >= 4 is 17.5 Å². The van der Waals surface area contributed by atoms with E-state index in [2.05, 4.69) is 24.4 Å². The van der Waals surface area contributed by atoms with Crippen LogP contribution in [0.15, 0.2) is 42.5 Å². The molecule has 130 valence electrons. The van der Waals surface area contributed by atoms with Gasteiger partial charge < -0.3 is 15.8 Å². The van der Waals surface area contributed by atoms with Gasteiger partial charge in [-0.05, 0) is 61.1 Å². The van der Waals surface area contributed by atoms with Gasteiger partial charge in [0.15, 0.2) is 6.61 Å². The smallest absolute Gasteiger partial charge is 0.255 e. The van der Waals surface area contributed by atoms with Gasteiger partial charge >= 0.3 is 0 Å².